The van der Waals surface area contributed by atoms with E-state index in [2.05, 4.69) is 34.5 Å². The van der Waals surface area contributed by atoms with Crippen molar-refractivity contribution in [3.8, 4) is 11.4 Å². The molecule has 0 amide bonds. The summed E-state index contributed by atoms with van der Waals surface area (Å²) in [6.45, 7) is 3.03. The molecule has 27 heavy (non-hydrogen) atoms. The van der Waals surface area contributed by atoms with E-state index in [-0.39, 0.29) is 5.41 Å². The van der Waals surface area contributed by atoms with Gasteiger partial charge < -0.3 is 4.52 Å². The highest BCUT2D eigenvalue weighted by molar-refractivity contribution is 5.79. The predicted octanol–water partition coefficient (Wildman–Crippen LogP) is 4.36. The van der Waals surface area contributed by atoms with Crippen LogP contribution in [-0.4, -0.2) is 25.1 Å². The lowest BCUT2D eigenvalue weighted by Crippen LogP contribution is -2.48. The topological polar surface area (TPSA) is 69.6 Å². The molecule has 6 heteroatoms. The van der Waals surface area contributed by atoms with E-state index in [1.54, 1.807) is 0 Å². The van der Waals surface area contributed by atoms with Crippen LogP contribution in [-0.2, 0) is 12.0 Å². The van der Waals surface area contributed by atoms with Gasteiger partial charge in [0.15, 0.2) is 0 Å². The first-order valence-corrected chi connectivity index (χ1v) is 10.4. The highest BCUT2D eigenvalue weighted by atomic mass is 16.5. The van der Waals surface area contributed by atoms with E-state index < -0.39 is 0 Å². The number of hydrogen-bond acceptors (Lipinski definition) is 5. The molecule has 7 rings (SSSR count). The molecule has 3 aromatic rings. The van der Waals surface area contributed by atoms with Gasteiger partial charge in [-0.25, -0.2) is 4.68 Å². The molecule has 0 atom stereocenters. The van der Waals surface area contributed by atoms with Crippen LogP contribution in [0.1, 0.15) is 57.8 Å². The zero-order valence-corrected chi connectivity index (χ0v) is 15.8. The molecular formula is C21H25N5O. The molecule has 1 aromatic carbocycles. The van der Waals surface area contributed by atoms with Gasteiger partial charge in [0.1, 0.15) is 5.52 Å². The molecule has 2 heterocycles. The Bertz CT molecular complexity index is 968. The Morgan fingerprint density at radius 1 is 1.11 bits per heavy atom. The Morgan fingerprint density at radius 3 is 2.56 bits per heavy atom. The second-order valence-corrected chi connectivity index (χ2v) is 9.14. The van der Waals surface area contributed by atoms with Crippen LogP contribution in [0, 0.1) is 17.8 Å². The second-order valence-electron chi connectivity index (χ2n) is 9.14. The van der Waals surface area contributed by atoms with Gasteiger partial charge in [-0.2, -0.15) is 4.98 Å². The van der Waals surface area contributed by atoms with E-state index in [4.69, 9.17) is 9.51 Å². The monoisotopic (exact) mass is 363 g/mol. The van der Waals surface area contributed by atoms with Gasteiger partial charge in [0.25, 0.3) is 0 Å². The van der Waals surface area contributed by atoms with Crippen molar-refractivity contribution in [3.63, 3.8) is 0 Å². The van der Waals surface area contributed by atoms with Gasteiger partial charge in [-0.05, 0) is 80.9 Å². The number of rotatable bonds is 4. The highest BCUT2D eigenvalue weighted by Gasteiger charge is 2.54. The first-order chi connectivity index (χ1) is 13.2. The van der Waals surface area contributed by atoms with E-state index in [0.29, 0.717) is 5.82 Å². The molecule has 0 unspecified atom stereocenters. The van der Waals surface area contributed by atoms with Crippen molar-refractivity contribution in [2.45, 2.75) is 63.8 Å². The minimum Gasteiger partial charge on any atom is -0.338 e. The molecule has 6 nitrogen and oxygen atoms in total. The molecule has 2 aromatic heterocycles. The standard InChI is InChI=1S/C21H25N5O/c1-2-5-26-18-4-3-16(9-17(18)23-25-26)19-22-20(27-24-19)21-10-13-6-14(11-21)8-15(7-13)12-21/h3-4,9,13-15H,2,5-8,10-12H2,1H3. The van der Waals surface area contributed by atoms with Gasteiger partial charge in [0.2, 0.25) is 11.7 Å². The van der Waals surface area contributed by atoms with Gasteiger partial charge in [0, 0.05) is 12.1 Å². The molecule has 4 aliphatic carbocycles. The summed E-state index contributed by atoms with van der Waals surface area (Å²) in [5.74, 6) is 4.18. The lowest BCUT2D eigenvalue weighted by atomic mass is 9.49. The number of nitrogens with zero attached hydrogens (tertiary/aromatic N) is 5. The van der Waals surface area contributed by atoms with Crippen molar-refractivity contribution in [1.29, 1.82) is 0 Å². The van der Waals surface area contributed by atoms with Crippen LogP contribution in [0.25, 0.3) is 22.4 Å². The van der Waals surface area contributed by atoms with Crippen LogP contribution < -0.4 is 0 Å². The minimum absolute atomic E-state index is 0.147. The van der Waals surface area contributed by atoms with E-state index >= 15 is 0 Å². The van der Waals surface area contributed by atoms with E-state index in [0.717, 1.165) is 53.2 Å². The lowest BCUT2D eigenvalue weighted by Gasteiger charge is -2.55. The minimum atomic E-state index is 0.147. The van der Waals surface area contributed by atoms with Crippen LogP contribution in [0.5, 0.6) is 0 Å². The number of benzene rings is 1. The SMILES string of the molecule is CCCn1nnc2cc(-c3noc(C45CC6CC(CC(C6)C4)C5)n3)ccc21. The quantitative estimate of drug-likeness (QED) is 0.689. The molecule has 140 valence electrons. The molecule has 4 bridgehead atoms. The summed E-state index contributed by atoms with van der Waals surface area (Å²) in [5.41, 5.74) is 3.06. The molecule has 4 aliphatic rings. The number of aromatic nitrogens is 5. The van der Waals surface area contributed by atoms with Gasteiger partial charge >= 0.3 is 0 Å². The summed E-state index contributed by atoms with van der Waals surface area (Å²) in [7, 11) is 0. The third kappa shape index (κ3) is 2.38. The Labute approximate surface area is 158 Å². The number of hydrogen-bond donors (Lipinski definition) is 0. The average Bonchev–Trinajstić information content (AvgIpc) is 3.29. The van der Waals surface area contributed by atoms with Gasteiger partial charge in [-0.1, -0.05) is 17.3 Å². The Hall–Kier alpha value is -2.24. The summed E-state index contributed by atoms with van der Waals surface area (Å²) in [6.07, 6.45) is 9.03. The van der Waals surface area contributed by atoms with Crippen molar-refractivity contribution >= 4 is 11.0 Å². The third-order valence-electron chi connectivity index (χ3n) is 7.13. The number of aryl methyl sites for hydroxylation is 1. The predicted molar refractivity (Wildman–Crippen MR) is 101 cm³/mol. The van der Waals surface area contributed by atoms with Crippen LogP contribution in [0.2, 0.25) is 0 Å². The maximum atomic E-state index is 5.86. The van der Waals surface area contributed by atoms with E-state index in [9.17, 15) is 0 Å². The van der Waals surface area contributed by atoms with Crippen molar-refractivity contribution in [2.75, 3.05) is 0 Å². The Morgan fingerprint density at radius 2 is 1.85 bits per heavy atom. The first-order valence-electron chi connectivity index (χ1n) is 10.4. The van der Waals surface area contributed by atoms with Gasteiger partial charge in [-0.3, -0.25) is 0 Å². The molecule has 0 radical (unpaired) electrons. The summed E-state index contributed by atoms with van der Waals surface area (Å²) < 4.78 is 7.81. The van der Waals surface area contributed by atoms with Gasteiger partial charge in [-0.15, -0.1) is 5.10 Å². The van der Waals surface area contributed by atoms with E-state index in [1.807, 2.05) is 10.7 Å². The molecule has 4 saturated carbocycles. The molecule has 0 spiro atoms. The van der Waals surface area contributed by atoms with E-state index in [1.165, 1.54) is 38.5 Å². The molecule has 0 saturated heterocycles. The zero-order valence-electron chi connectivity index (χ0n) is 15.8. The average molecular weight is 363 g/mol. The summed E-state index contributed by atoms with van der Waals surface area (Å²) >= 11 is 0. The third-order valence-corrected chi connectivity index (χ3v) is 7.13. The van der Waals surface area contributed by atoms with Crippen molar-refractivity contribution < 1.29 is 4.52 Å². The fraction of sp³-hybridized carbons (Fsp3) is 0.619. The van der Waals surface area contributed by atoms with Crippen molar-refractivity contribution in [3.05, 3.63) is 24.1 Å². The normalized spacial score (nSPS) is 31.8. The first kappa shape index (κ1) is 15.8. The summed E-state index contributed by atoms with van der Waals surface area (Å²) in [4.78, 5) is 4.89. The molecule has 4 fully saturated rings. The molecule has 0 N–H and O–H groups in total. The summed E-state index contributed by atoms with van der Waals surface area (Å²) in [6, 6.07) is 6.16. The Balaban J connectivity index is 1.34. The Kier molecular flexibility index (Phi) is 3.29. The lowest BCUT2D eigenvalue weighted by molar-refractivity contribution is -0.0201. The van der Waals surface area contributed by atoms with Crippen LogP contribution in [0.4, 0.5) is 0 Å². The van der Waals surface area contributed by atoms with Crippen molar-refractivity contribution in [1.82, 2.24) is 25.1 Å². The second kappa shape index (κ2) is 5.63. The van der Waals surface area contributed by atoms with Crippen LogP contribution >= 0.6 is 0 Å². The zero-order chi connectivity index (χ0) is 18.0. The maximum absolute atomic E-state index is 5.86. The number of fused-ring (bicyclic) bond motifs is 1. The molecular weight excluding hydrogens is 338 g/mol. The molecule has 0 aliphatic heterocycles. The smallest absolute Gasteiger partial charge is 0.233 e. The fourth-order valence-electron chi connectivity index (χ4n) is 6.42. The van der Waals surface area contributed by atoms with Crippen LogP contribution in [0.3, 0.4) is 0 Å². The van der Waals surface area contributed by atoms with Crippen LogP contribution in [0.15, 0.2) is 22.7 Å². The fourth-order valence-corrected chi connectivity index (χ4v) is 6.42. The maximum Gasteiger partial charge on any atom is 0.233 e. The van der Waals surface area contributed by atoms with Crippen molar-refractivity contribution in [2.24, 2.45) is 17.8 Å². The van der Waals surface area contributed by atoms with Gasteiger partial charge in [0.05, 0.1) is 10.9 Å². The highest BCUT2D eigenvalue weighted by Crippen LogP contribution is 2.60. The largest absolute Gasteiger partial charge is 0.338 e. The summed E-state index contributed by atoms with van der Waals surface area (Å²) in [5, 5.41) is 12.9.